The molecule has 6 rings (SSSR count). The molecule has 0 aliphatic carbocycles. The maximum absolute atomic E-state index is 14.6. The highest BCUT2D eigenvalue weighted by atomic mass is 35.5. The zero-order valence-corrected chi connectivity index (χ0v) is 25.1. The molecule has 13 heteroatoms. The third-order valence-electron chi connectivity index (χ3n) is 7.94. The summed E-state index contributed by atoms with van der Waals surface area (Å²) in [4.78, 5) is 33.3. The largest absolute Gasteiger partial charge is 0.330 e. The Morgan fingerprint density at radius 1 is 1.14 bits per heavy atom. The van der Waals surface area contributed by atoms with Gasteiger partial charge in [-0.1, -0.05) is 41.8 Å². The first-order valence-electron chi connectivity index (χ1n) is 14.1. The number of alkyl halides is 1. The molecule has 0 spiro atoms. The summed E-state index contributed by atoms with van der Waals surface area (Å²) < 4.78 is 17.4. The van der Waals surface area contributed by atoms with Crippen LogP contribution in [-0.2, 0) is 9.59 Å². The van der Waals surface area contributed by atoms with Crippen LogP contribution < -0.4 is 5.32 Å². The van der Waals surface area contributed by atoms with Crippen LogP contribution >= 0.6 is 23.2 Å². The Labute approximate surface area is 257 Å². The highest BCUT2D eigenvalue weighted by Crippen LogP contribution is 2.38. The maximum Gasteiger partial charge on any atom is 0.247 e. The van der Waals surface area contributed by atoms with E-state index in [4.69, 9.17) is 23.2 Å². The third-order valence-corrected chi connectivity index (χ3v) is 8.35. The average molecular weight is 624 g/mol. The van der Waals surface area contributed by atoms with Gasteiger partial charge in [0.15, 0.2) is 11.4 Å². The molecule has 2 aliphatic heterocycles. The first kappa shape index (κ1) is 29.0. The number of carbonyl (C=O) groups excluding carboxylic acids is 2. The van der Waals surface area contributed by atoms with Gasteiger partial charge in [-0.15, -0.1) is 5.10 Å². The van der Waals surface area contributed by atoms with Crippen molar-refractivity contribution in [3.05, 3.63) is 76.4 Å². The van der Waals surface area contributed by atoms with Crippen LogP contribution in [0, 0.1) is 5.92 Å². The minimum Gasteiger partial charge on any atom is -0.330 e. The van der Waals surface area contributed by atoms with Crippen LogP contribution in [0.5, 0.6) is 0 Å². The molecule has 2 aliphatic rings. The Bertz CT molecular complexity index is 1730. The molecular formula is C30H29Cl2FN8O2. The van der Waals surface area contributed by atoms with E-state index in [1.165, 1.54) is 17.8 Å². The minimum absolute atomic E-state index is 0.161. The van der Waals surface area contributed by atoms with Crippen LogP contribution in [0.1, 0.15) is 63.1 Å². The lowest BCUT2D eigenvalue weighted by Gasteiger charge is -2.34. The van der Waals surface area contributed by atoms with Gasteiger partial charge >= 0.3 is 0 Å². The minimum atomic E-state index is -1.42. The normalized spacial score (nSPS) is 20.0. The van der Waals surface area contributed by atoms with Crippen molar-refractivity contribution >= 4 is 46.3 Å². The van der Waals surface area contributed by atoms with Crippen LogP contribution in [0.4, 0.5) is 10.1 Å². The van der Waals surface area contributed by atoms with Gasteiger partial charge in [0.05, 0.1) is 41.2 Å². The Morgan fingerprint density at radius 3 is 2.72 bits per heavy atom. The molecule has 222 valence electrons. The van der Waals surface area contributed by atoms with E-state index < -0.39 is 6.30 Å². The molecule has 10 nitrogen and oxygen atoms in total. The van der Waals surface area contributed by atoms with Crippen molar-refractivity contribution in [3.63, 3.8) is 0 Å². The second-order valence-electron chi connectivity index (χ2n) is 10.8. The second kappa shape index (κ2) is 11.9. The van der Waals surface area contributed by atoms with Gasteiger partial charge in [-0.05, 0) is 62.1 Å². The summed E-state index contributed by atoms with van der Waals surface area (Å²) in [6.45, 7) is 3.69. The molecule has 1 aromatic carbocycles. The fourth-order valence-corrected chi connectivity index (χ4v) is 6.06. The molecular weight excluding hydrogens is 594 g/mol. The highest BCUT2D eigenvalue weighted by Gasteiger charge is 2.31. The molecule has 2 bridgehead atoms. The predicted octanol–water partition coefficient (Wildman–Crippen LogP) is 6.44. The van der Waals surface area contributed by atoms with Crippen molar-refractivity contribution in [1.29, 1.82) is 0 Å². The number of anilines is 1. The zero-order valence-electron chi connectivity index (χ0n) is 23.5. The molecule has 0 radical (unpaired) electrons. The standard InChI is InChI=1S/C30H29Cl2FN8O2/c1-17-4-3-5-26(23-12-20(8-10-34-23)29-24(36-30(17)43)15-35-41(29)18(2)33)39-11-9-19(13-28(39)42)22-14-21(31)6-7-25(22)40-16-27(32)37-38-40/h6-8,10,12-18,26H,3-5,9,11H2,1-2H3,(H,36,43)/t17-,18?,26+/m1/s1. The van der Waals surface area contributed by atoms with Crippen LogP contribution in [-0.4, -0.2) is 53.0 Å². The lowest BCUT2D eigenvalue weighted by atomic mass is 9.93. The number of halogens is 3. The van der Waals surface area contributed by atoms with Gasteiger partial charge in [0.25, 0.3) is 0 Å². The van der Waals surface area contributed by atoms with E-state index in [-0.39, 0.29) is 28.9 Å². The number of hydrogen-bond acceptors (Lipinski definition) is 6. The van der Waals surface area contributed by atoms with Gasteiger partial charge in [-0.2, -0.15) is 5.10 Å². The lowest BCUT2D eigenvalue weighted by molar-refractivity contribution is -0.129. The summed E-state index contributed by atoms with van der Waals surface area (Å²) >= 11 is 12.4. The Balaban J connectivity index is 1.38. The first-order valence-corrected chi connectivity index (χ1v) is 14.8. The fraction of sp³-hybridized carbons (Fsp3) is 0.333. The van der Waals surface area contributed by atoms with Crippen molar-refractivity contribution in [3.8, 4) is 16.9 Å². The van der Waals surface area contributed by atoms with E-state index in [2.05, 4.69) is 25.7 Å². The number of amides is 2. The van der Waals surface area contributed by atoms with Gasteiger partial charge in [0, 0.05) is 40.9 Å². The van der Waals surface area contributed by atoms with E-state index in [1.807, 2.05) is 24.0 Å². The number of benzene rings is 1. The number of carbonyl (C=O) groups is 2. The SMILES string of the molecule is CC(F)n1ncc2c1-c1ccnc(c1)[C@@H](N1CCC(c3cc(Cl)ccc3-n3cc(Cl)nn3)=CC1=O)CCC[C@@H](C)C(=O)N2. The molecule has 43 heavy (non-hydrogen) atoms. The van der Waals surface area contributed by atoms with Crippen molar-refractivity contribution in [2.24, 2.45) is 5.92 Å². The number of hydrogen-bond donors (Lipinski definition) is 1. The number of nitrogens with zero attached hydrogens (tertiary/aromatic N) is 7. The van der Waals surface area contributed by atoms with Crippen molar-refractivity contribution in [2.45, 2.75) is 51.9 Å². The molecule has 5 heterocycles. The van der Waals surface area contributed by atoms with E-state index in [0.717, 1.165) is 11.1 Å². The Morgan fingerprint density at radius 2 is 1.98 bits per heavy atom. The quantitative estimate of drug-likeness (QED) is 0.280. The van der Waals surface area contributed by atoms with Crippen molar-refractivity contribution in [1.82, 2.24) is 34.7 Å². The lowest BCUT2D eigenvalue weighted by Crippen LogP contribution is -2.38. The summed E-state index contributed by atoms with van der Waals surface area (Å²) in [7, 11) is 0. The number of aromatic nitrogens is 6. The molecule has 3 atom stereocenters. The average Bonchev–Trinajstić information content (AvgIpc) is 3.61. The van der Waals surface area contributed by atoms with E-state index in [1.54, 1.807) is 41.4 Å². The van der Waals surface area contributed by atoms with Crippen molar-refractivity contribution < 1.29 is 14.0 Å². The second-order valence-corrected chi connectivity index (χ2v) is 11.7. The van der Waals surface area contributed by atoms with Gasteiger partial charge in [-0.25, -0.2) is 13.8 Å². The Hall–Kier alpha value is -4.09. The van der Waals surface area contributed by atoms with Gasteiger partial charge in [0.2, 0.25) is 11.8 Å². The monoisotopic (exact) mass is 622 g/mol. The number of nitrogens with one attached hydrogen (secondary N) is 1. The van der Waals surface area contributed by atoms with E-state index >= 15 is 0 Å². The zero-order chi connectivity index (χ0) is 30.2. The van der Waals surface area contributed by atoms with E-state index in [9.17, 15) is 14.0 Å². The number of pyridine rings is 1. The third kappa shape index (κ3) is 5.79. The van der Waals surface area contributed by atoms with Gasteiger partial charge < -0.3 is 10.2 Å². The van der Waals surface area contributed by atoms with Gasteiger partial charge in [-0.3, -0.25) is 14.6 Å². The molecule has 1 unspecified atom stereocenters. The molecule has 1 N–H and O–H groups in total. The summed E-state index contributed by atoms with van der Waals surface area (Å²) in [5.41, 5.74) is 4.51. The Kier molecular flexibility index (Phi) is 8.02. The number of fused-ring (bicyclic) bond motifs is 4. The maximum atomic E-state index is 14.6. The van der Waals surface area contributed by atoms with Crippen molar-refractivity contribution in [2.75, 3.05) is 11.9 Å². The summed E-state index contributed by atoms with van der Waals surface area (Å²) in [6.07, 6.45) is 7.40. The predicted molar refractivity (Wildman–Crippen MR) is 161 cm³/mol. The molecule has 2 amide bonds. The molecule has 4 aromatic rings. The molecule has 0 fully saturated rings. The topological polar surface area (TPSA) is 111 Å². The number of rotatable bonds is 4. The van der Waals surface area contributed by atoms with Crippen LogP contribution in [0.15, 0.2) is 55.0 Å². The highest BCUT2D eigenvalue weighted by molar-refractivity contribution is 6.31. The van der Waals surface area contributed by atoms with Crippen LogP contribution in [0.25, 0.3) is 22.5 Å². The summed E-state index contributed by atoms with van der Waals surface area (Å²) in [5, 5.41) is 15.9. The first-order chi connectivity index (χ1) is 20.7. The molecule has 3 aromatic heterocycles. The van der Waals surface area contributed by atoms with E-state index in [0.29, 0.717) is 65.6 Å². The van der Waals surface area contributed by atoms with Crippen LogP contribution in [0.3, 0.4) is 0 Å². The smallest absolute Gasteiger partial charge is 0.247 e. The van der Waals surface area contributed by atoms with Crippen LogP contribution in [0.2, 0.25) is 10.2 Å². The molecule has 0 saturated carbocycles. The van der Waals surface area contributed by atoms with Gasteiger partial charge in [0.1, 0.15) is 0 Å². The summed E-state index contributed by atoms with van der Waals surface area (Å²) in [6, 6.07) is 8.64. The molecule has 0 saturated heterocycles. The fourth-order valence-electron chi connectivity index (χ4n) is 5.76. The summed E-state index contributed by atoms with van der Waals surface area (Å²) in [5.74, 6) is -0.617.